The number of nitrogens with zero attached hydrogens (tertiary/aromatic N) is 4. The van der Waals surface area contributed by atoms with Crippen molar-refractivity contribution in [1.29, 1.82) is 0 Å². The van der Waals surface area contributed by atoms with Gasteiger partial charge >= 0.3 is 6.09 Å². The second-order valence-electron chi connectivity index (χ2n) is 7.47. The highest BCUT2D eigenvalue weighted by Gasteiger charge is 2.27. The Hall–Kier alpha value is -2.90. The molecule has 1 saturated heterocycles. The van der Waals surface area contributed by atoms with Crippen molar-refractivity contribution in [2.45, 2.75) is 45.3 Å². The molecule has 1 fully saturated rings. The third-order valence-corrected chi connectivity index (χ3v) is 4.10. The quantitative estimate of drug-likeness (QED) is 0.823. The van der Waals surface area contributed by atoms with Crippen LogP contribution in [-0.4, -0.2) is 56.2 Å². The zero-order chi connectivity index (χ0) is 19.4. The van der Waals surface area contributed by atoms with Gasteiger partial charge in [-0.25, -0.2) is 9.78 Å². The Labute approximate surface area is 158 Å². The summed E-state index contributed by atoms with van der Waals surface area (Å²) < 4.78 is 12.8. The molecule has 0 spiro atoms. The van der Waals surface area contributed by atoms with E-state index in [1.54, 1.807) is 29.6 Å². The molecule has 0 unspecified atom stereocenters. The van der Waals surface area contributed by atoms with Crippen molar-refractivity contribution >= 4 is 12.0 Å². The second-order valence-corrected chi connectivity index (χ2v) is 7.47. The van der Waals surface area contributed by atoms with E-state index < -0.39 is 5.60 Å². The van der Waals surface area contributed by atoms with Crippen LogP contribution in [0.5, 0.6) is 5.75 Å². The predicted molar refractivity (Wildman–Crippen MR) is 97.6 cm³/mol. The number of hydrogen-bond acceptors (Lipinski definition) is 6. The number of hydrogen-bond donors (Lipinski definition) is 0. The molecule has 8 nitrogen and oxygen atoms in total. The van der Waals surface area contributed by atoms with Gasteiger partial charge in [0.2, 0.25) is 0 Å². The van der Waals surface area contributed by atoms with Gasteiger partial charge in [0.15, 0.2) is 0 Å². The molecule has 3 rings (SSSR count). The van der Waals surface area contributed by atoms with Crippen molar-refractivity contribution in [3.63, 3.8) is 0 Å². The molecule has 1 aliphatic rings. The third kappa shape index (κ3) is 5.06. The van der Waals surface area contributed by atoms with Crippen molar-refractivity contribution in [1.82, 2.24) is 19.4 Å². The number of imidazole rings is 1. The van der Waals surface area contributed by atoms with E-state index in [9.17, 15) is 9.59 Å². The standard InChI is InChI=1S/C19H24N4O4/c1-19(2,3)27-18(25)22-7-4-15(5-8-22)26-16-10-14(11-21-12-16)17(24)23-9-6-20-13-23/h6,9-13,15H,4-5,7-8H2,1-3H3. The lowest BCUT2D eigenvalue weighted by Crippen LogP contribution is -2.44. The summed E-state index contributed by atoms with van der Waals surface area (Å²) in [5.41, 5.74) is -0.0742. The van der Waals surface area contributed by atoms with Crippen molar-refractivity contribution in [3.8, 4) is 5.75 Å². The minimum Gasteiger partial charge on any atom is -0.489 e. The number of carbonyl (C=O) groups excluding carboxylic acids is 2. The Bertz CT molecular complexity index is 790. The number of aromatic nitrogens is 3. The van der Waals surface area contributed by atoms with E-state index in [-0.39, 0.29) is 18.1 Å². The molecular formula is C19H24N4O4. The first-order valence-corrected chi connectivity index (χ1v) is 8.94. The number of ether oxygens (including phenoxy) is 2. The van der Waals surface area contributed by atoms with E-state index in [1.165, 1.54) is 17.1 Å². The Morgan fingerprint density at radius 3 is 2.52 bits per heavy atom. The Balaban J connectivity index is 1.56. The summed E-state index contributed by atoms with van der Waals surface area (Å²) in [6.07, 6.45) is 8.72. The van der Waals surface area contributed by atoms with E-state index in [0.29, 0.717) is 37.2 Å². The maximum absolute atomic E-state index is 12.4. The SMILES string of the molecule is CC(C)(C)OC(=O)N1CCC(Oc2cncc(C(=O)n3ccnc3)c2)CC1. The maximum Gasteiger partial charge on any atom is 0.410 e. The molecule has 0 aromatic carbocycles. The molecule has 0 radical (unpaired) electrons. The number of piperidine rings is 1. The van der Waals surface area contributed by atoms with E-state index in [1.807, 2.05) is 20.8 Å². The fourth-order valence-corrected chi connectivity index (χ4v) is 2.80. The minimum absolute atomic E-state index is 0.0379. The molecule has 3 heterocycles. The van der Waals surface area contributed by atoms with Gasteiger partial charge < -0.3 is 14.4 Å². The molecule has 1 amide bonds. The summed E-state index contributed by atoms with van der Waals surface area (Å²) in [5, 5.41) is 0. The molecule has 8 heteroatoms. The Morgan fingerprint density at radius 1 is 1.15 bits per heavy atom. The van der Waals surface area contributed by atoms with Crippen LogP contribution < -0.4 is 4.74 Å². The van der Waals surface area contributed by atoms with Crippen LogP contribution in [0.2, 0.25) is 0 Å². The van der Waals surface area contributed by atoms with E-state index in [0.717, 1.165) is 0 Å². The topological polar surface area (TPSA) is 86.5 Å². The van der Waals surface area contributed by atoms with Crippen molar-refractivity contribution < 1.29 is 19.1 Å². The van der Waals surface area contributed by atoms with E-state index in [4.69, 9.17) is 9.47 Å². The van der Waals surface area contributed by atoms with Crippen molar-refractivity contribution in [3.05, 3.63) is 42.7 Å². The summed E-state index contributed by atoms with van der Waals surface area (Å²) in [6.45, 7) is 6.70. The average molecular weight is 372 g/mol. The number of carbonyl (C=O) groups is 2. The molecule has 1 aliphatic heterocycles. The van der Waals surface area contributed by atoms with Crippen LogP contribution in [0.25, 0.3) is 0 Å². The number of amides is 1. The van der Waals surface area contributed by atoms with Crippen LogP contribution in [0.15, 0.2) is 37.2 Å². The lowest BCUT2D eigenvalue weighted by molar-refractivity contribution is 0.0126. The molecule has 144 valence electrons. The second kappa shape index (κ2) is 7.77. The van der Waals surface area contributed by atoms with Gasteiger partial charge in [0.25, 0.3) is 5.91 Å². The largest absolute Gasteiger partial charge is 0.489 e. The fraction of sp³-hybridized carbons (Fsp3) is 0.474. The number of likely N-dealkylation sites (tertiary alicyclic amines) is 1. The molecule has 2 aromatic rings. The summed E-state index contributed by atoms with van der Waals surface area (Å²) in [7, 11) is 0. The van der Waals surface area contributed by atoms with Gasteiger partial charge in [0.1, 0.15) is 23.8 Å². The first-order valence-electron chi connectivity index (χ1n) is 8.94. The van der Waals surface area contributed by atoms with Crippen LogP contribution in [0.4, 0.5) is 4.79 Å². The van der Waals surface area contributed by atoms with Crippen molar-refractivity contribution in [2.24, 2.45) is 0 Å². The zero-order valence-electron chi connectivity index (χ0n) is 15.8. The van der Waals surface area contributed by atoms with E-state index >= 15 is 0 Å². The smallest absolute Gasteiger partial charge is 0.410 e. The normalized spacial score (nSPS) is 15.4. The van der Waals surface area contributed by atoms with Crippen LogP contribution in [0.1, 0.15) is 44.0 Å². The van der Waals surface area contributed by atoms with Crippen molar-refractivity contribution in [2.75, 3.05) is 13.1 Å². The molecule has 0 atom stereocenters. The van der Waals surface area contributed by atoms with Gasteiger partial charge in [0, 0.05) is 44.5 Å². The summed E-state index contributed by atoms with van der Waals surface area (Å²) in [4.78, 5) is 34.1. The average Bonchev–Trinajstić information content (AvgIpc) is 3.15. The van der Waals surface area contributed by atoms with Gasteiger partial charge in [-0.3, -0.25) is 14.3 Å². The van der Waals surface area contributed by atoms with Gasteiger partial charge in [-0.05, 0) is 26.8 Å². The number of pyridine rings is 1. The van der Waals surface area contributed by atoms with E-state index in [2.05, 4.69) is 9.97 Å². The van der Waals surface area contributed by atoms with Crippen LogP contribution >= 0.6 is 0 Å². The van der Waals surface area contributed by atoms with Gasteiger partial charge in [-0.15, -0.1) is 0 Å². The fourth-order valence-electron chi connectivity index (χ4n) is 2.80. The highest BCUT2D eigenvalue weighted by Crippen LogP contribution is 2.21. The third-order valence-electron chi connectivity index (χ3n) is 4.10. The Morgan fingerprint density at radius 2 is 1.89 bits per heavy atom. The molecule has 0 saturated carbocycles. The lowest BCUT2D eigenvalue weighted by Gasteiger charge is -2.33. The van der Waals surface area contributed by atoms with Crippen LogP contribution in [-0.2, 0) is 4.74 Å². The first kappa shape index (κ1) is 18.9. The van der Waals surface area contributed by atoms with Gasteiger partial charge in [-0.2, -0.15) is 0 Å². The summed E-state index contributed by atoms with van der Waals surface area (Å²) in [5.74, 6) is 0.321. The predicted octanol–water partition coefficient (Wildman–Crippen LogP) is 2.74. The molecule has 27 heavy (non-hydrogen) atoms. The highest BCUT2D eigenvalue weighted by atomic mass is 16.6. The Kier molecular flexibility index (Phi) is 5.43. The molecule has 0 N–H and O–H groups in total. The summed E-state index contributed by atoms with van der Waals surface area (Å²) >= 11 is 0. The maximum atomic E-state index is 12.4. The van der Waals surface area contributed by atoms with Crippen LogP contribution in [0, 0.1) is 0 Å². The molecule has 0 bridgehead atoms. The van der Waals surface area contributed by atoms with Crippen LogP contribution in [0.3, 0.4) is 0 Å². The lowest BCUT2D eigenvalue weighted by atomic mass is 10.1. The molecule has 2 aromatic heterocycles. The zero-order valence-corrected chi connectivity index (χ0v) is 15.8. The minimum atomic E-state index is -0.502. The molecular weight excluding hydrogens is 348 g/mol. The number of rotatable bonds is 3. The summed E-state index contributed by atoms with van der Waals surface area (Å²) in [6, 6.07) is 1.68. The molecule has 0 aliphatic carbocycles. The first-order chi connectivity index (χ1) is 12.8. The monoisotopic (exact) mass is 372 g/mol. The highest BCUT2D eigenvalue weighted by molar-refractivity contribution is 5.95. The van der Waals surface area contributed by atoms with Gasteiger partial charge in [0.05, 0.1) is 11.8 Å². The van der Waals surface area contributed by atoms with Gasteiger partial charge in [-0.1, -0.05) is 0 Å².